The first-order chi connectivity index (χ1) is 11.1. The number of hydrogen-bond acceptors (Lipinski definition) is 4. The van der Waals surface area contributed by atoms with Gasteiger partial charge in [0, 0.05) is 19.6 Å². The summed E-state index contributed by atoms with van der Waals surface area (Å²) in [6.45, 7) is 7.00. The van der Waals surface area contributed by atoms with Gasteiger partial charge in [0.05, 0.1) is 19.8 Å². The lowest BCUT2D eigenvalue weighted by Gasteiger charge is -2.32. The van der Waals surface area contributed by atoms with Crippen LogP contribution >= 0.6 is 0 Å². The Labute approximate surface area is 136 Å². The predicted molar refractivity (Wildman–Crippen MR) is 84.4 cm³/mol. The number of ether oxygens (including phenoxy) is 3. The molecule has 1 aromatic carbocycles. The Balaban J connectivity index is 2.03. The third-order valence-electron chi connectivity index (χ3n) is 3.63. The number of benzene rings is 1. The molecular weight excluding hydrogens is 304 g/mol. The molecule has 0 spiro atoms. The summed E-state index contributed by atoms with van der Waals surface area (Å²) < 4.78 is 42.0. The molecule has 130 valence electrons. The standard InChI is InChI=1S/C17H25F2NO3/c1-3-8-22-14-6-5-13(10-15(14)21-4-2)11-20-7-9-23-16(12-20)17(18)19/h5-6,10,16-17H,3-4,7-9,11-12H2,1-2H3. The largest absolute Gasteiger partial charge is 0.490 e. The molecule has 0 N–H and O–H groups in total. The fraction of sp³-hybridized carbons (Fsp3) is 0.647. The van der Waals surface area contributed by atoms with Gasteiger partial charge >= 0.3 is 0 Å². The van der Waals surface area contributed by atoms with Crippen LogP contribution in [0.25, 0.3) is 0 Å². The van der Waals surface area contributed by atoms with Gasteiger partial charge in [-0.15, -0.1) is 0 Å². The molecule has 2 rings (SSSR count). The van der Waals surface area contributed by atoms with E-state index >= 15 is 0 Å². The molecule has 1 fully saturated rings. The Bertz CT molecular complexity index is 485. The van der Waals surface area contributed by atoms with Crippen LogP contribution in [0, 0.1) is 0 Å². The van der Waals surface area contributed by atoms with E-state index in [1.165, 1.54) is 0 Å². The van der Waals surface area contributed by atoms with Crippen molar-refractivity contribution in [3.8, 4) is 11.5 Å². The first-order valence-electron chi connectivity index (χ1n) is 8.14. The smallest absolute Gasteiger partial charge is 0.265 e. The third kappa shape index (κ3) is 5.32. The molecule has 6 heteroatoms. The molecule has 23 heavy (non-hydrogen) atoms. The summed E-state index contributed by atoms with van der Waals surface area (Å²) in [5.74, 6) is 1.43. The number of rotatable bonds is 8. The van der Waals surface area contributed by atoms with Gasteiger partial charge in [0.2, 0.25) is 0 Å². The van der Waals surface area contributed by atoms with E-state index in [4.69, 9.17) is 14.2 Å². The molecule has 1 atom stereocenters. The maximum absolute atomic E-state index is 12.8. The Morgan fingerprint density at radius 1 is 1.26 bits per heavy atom. The average Bonchev–Trinajstić information content (AvgIpc) is 2.55. The van der Waals surface area contributed by atoms with E-state index in [1.807, 2.05) is 36.9 Å². The van der Waals surface area contributed by atoms with Crippen LogP contribution < -0.4 is 9.47 Å². The zero-order valence-electron chi connectivity index (χ0n) is 13.8. The van der Waals surface area contributed by atoms with Crippen molar-refractivity contribution in [3.05, 3.63) is 23.8 Å². The van der Waals surface area contributed by atoms with Gasteiger partial charge < -0.3 is 14.2 Å². The van der Waals surface area contributed by atoms with Crippen molar-refractivity contribution in [2.75, 3.05) is 32.9 Å². The van der Waals surface area contributed by atoms with Crippen molar-refractivity contribution >= 4 is 0 Å². The first-order valence-corrected chi connectivity index (χ1v) is 8.14. The lowest BCUT2D eigenvalue weighted by Crippen LogP contribution is -2.45. The first kappa shape index (κ1) is 17.9. The summed E-state index contributed by atoms with van der Waals surface area (Å²) in [5.41, 5.74) is 1.02. The number of morpholine rings is 1. The van der Waals surface area contributed by atoms with Crippen LogP contribution in [0.5, 0.6) is 11.5 Å². The number of halogens is 2. The van der Waals surface area contributed by atoms with E-state index in [2.05, 4.69) is 0 Å². The van der Waals surface area contributed by atoms with Crippen LogP contribution in [0.4, 0.5) is 8.78 Å². The van der Waals surface area contributed by atoms with Gasteiger partial charge in [0.25, 0.3) is 6.43 Å². The molecule has 4 nitrogen and oxygen atoms in total. The highest BCUT2D eigenvalue weighted by molar-refractivity contribution is 5.43. The maximum Gasteiger partial charge on any atom is 0.265 e. The van der Waals surface area contributed by atoms with Crippen molar-refractivity contribution in [1.82, 2.24) is 4.90 Å². The van der Waals surface area contributed by atoms with E-state index in [0.717, 1.165) is 17.7 Å². The predicted octanol–water partition coefficient (Wildman–Crippen LogP) is 3.34. The second-order valence-electron chi connectivity index (χ2n) is 5.54. The van der Waals surface area contributed by atoms with Gasteiger partial charge in [-0.2, -0.15) is 0 Å². The summed E-state index contributed by atoms with van der Waals surface area (Å²) in [6, 6.07) is 5.78. The summed E-state index contributed by atoms with van der Waals surface area (Å²) in [4.78, 5) is 1.98. The second-order valence-corrected chi connectivity index (χ2v) is 5.54. The van der Waals surface area contributed by atoms with Gasteiger partial charge in [0.1, 0.15) is 6.10 Å². The highest BCUT2D eigenvalue weighted by Crippen LogP contribution is 2.29. The quantitative estimate of drug-likeness (QED) is 0.732. The van der Waals surface area contributed by atoms with Gasteiger partial charge in [0.15, 0.2) is 11.5 Å². The highest BCUT2D eigenvalue weighted by atomic mass is 19.3. The molecule has 1 aliphatic heterocycles. The van der Waals surface area contributed by atoms with E-state index in [9.17, 15) is 8.78 Å². The maximum atomic E-state index is 12.8. The van der Waals surface area contributed by atoms with Crippen molar-refractivity contribution in [1.29, 1.82) is 0 Å². The summed E-state index contributed by atoms with van der Waals surface area (Å²) in [5, 5.41) is 0. The monoisotopic (exact) mass is 329 g/mol. The van der Waals surface area contributed by atoms with Gasteiger partial charge in [-0.1, -0.05) is 13.0 Å². The fourth-order valence-corrected chi connectivity index (χ4v) is 2.54. The van der Waals surface area contributed by atoms with E-state index in [0.29, 0.717) is 38.7 Å². The minimum absolute atomic E-state index is 0.246. The summed E-state index contributed by atoms with van der Waals surface area (Å²) in [7, 11) is 0. The number of alkyl halides is 2. The van der Waals surface area contributed by atoms with Crippen LogP contribution in [-0.2, 0) is 11.3 Å². The van der Waals surface area contributed by atoms with Crippen molar-refractivity contribution < 1.29 is 23.0 Å². The van der Waals surface area contributed by atoms with Gasteiger partial charge in [-0.25, -0.2) is 8.78 Å². The molecule has 0 saturated carbocycles. The van der Waals surface area contributed by atoms with Crippen LogP contribution in [0.2, 0.25) is 0 Å². The molecule has 1 saturated heterocycles. The van der Waals surface area contributed by atoms with Crippen molar-refractivity contribution in [3.63, 3.8) is 0 Å². The summed E-state index contributed by atoms with van der Waals surface area (Å²) >= 11 is 0. The van der Waals surface area contributed by atoms with E-state index in [1.54, 1.807) is 0 Å². The van der Waals surface area contributed by atoms with Crippen LogP contribution in [0.3, 0.4) is 0 Å². The van der Waals surface area contributed by atoms with E-state index < -0.39 is 12.5 Å². The van der Waals surface area contributed by atoms with Gasteiger partial charge in [-0.05, 0) is 31.0 Å². The molecule has 0 radical (unpaired) electrons. The Hall–Kier alpha value is -1.40. The Morgan fingerprint density at radius 2 is 2.09 bits per heavy atom. The molecule has 1 aliphatic rings. The normalized spacial score (nSPS) is 19.1. The Morgan fingerprint density at radius 3 is 2.78 bits per heavy atom. The average molecular weight is 329 g/mol. The zero-order chi connectivity index (χ0) is 16.7. The number of hydrogen-bond donors (Lipinski definition) is 0. The van der Waals surface area contributed by atoms with Crippen LogP contribution in [0.15, 0.2) is 18.2 Å². The molecule has 0 amide bonds. The molecule has 0 bridgehead atoms. The fourth-order valence-electron chi connectivity index (χ4n) is 2.54. The third-order valence-corrected chi connectivity index (χ3v) is 3.63. The lowest BCUT2D eigenvalue weighted by molar-refractivity contribution is -0.104. The molecule has 0 aromatic heterocycles. The topological polar surface area (TPSA) is 30.9 Å². The zero-order valence-corrected chi connectivity index (χ0v) is 13.8. The summed E-state index contributed by atoms with van der Waals surface area (Å²) in [6.07, 6.45) is -2.51. The molecule has 1 aromatic rings. The SMILES string of the molecule is CCCOc1ccc(CN2CCOC(C(F)F)C2)cc1OCC. The van der Waals surface area contributed by atoms with Gasteiger partial charge in [-0.3, -0.25) is 4.90 Å². The molecular formula is C17H25F2NO3. The van der Waals surface area contributed by atoms with Crippen molar-refractivity contribution in [2.24, 2.45) is 0 Å². The minimum atomic E-state index is -2.44. The van der Waals surface area contributed by atoms with Crippen LogP contribution in [-0.4, -0.2) is 50.3 Å². The number of nitrogens with zero attached hydrogens (tertiary/aromatic N) is 1. The van der Waals surface area contributed by atoms with E-state index in [-0.39, 0.29) is 6.54 Å². The lowest BCUT2D eigenvalue weighted by atomic mass is 10.1. The van der Waals surface area contributed by atoms with Crippen molar-refractivity contribution in [2.45, 2.75) is 39.3 Å². The van der Waals surface area contributed by atoms with Crippen LogP contribution in [0.1, 0.15) is 25.8 Å². The highest BCUT2D eigenvalue weighted by Gasteiger charge is 2.27. The second kappa shape index (κ2) is 9.03. The Kier molecular flexibility index (Phi) is 7.05. The molecule has 1 heterocycles. The molecule has 1 unspecified atom stereocenters. The minimum Gasteiger partial charge on any atom is -0.490 e. The molecule has 0 aliphatic carbocycles.